The Kier molecular flexibility index (Phi) is 5.13. The minimum atomic E-state index is -1.79. The van der Waals surface area contributed by atoms with Crippen LogP contribution in [0.4, 0.5) is 4.39 Å². The largest absolute Gasteiger partial charge is 0.256 e. The molecule has 0 aliphatic rings. The fraction of sp³-hybridized carbons (Fsp3) is 0.172. The van der Waals surface area contributed by atoms with Gasteiger partial charge < -0.3 is 0 Å². The summed E-state index contributed by atoms with van der Waals surface area (Å²) in [5.74, 6) is -0.218. The Morgan fingerprint density at radius 1 is 0.697 bits per heavy atom. The van der Waals surface area contributed by atoms with Gasteiger partial charge in [0.25, 0.3) is 0 Å². The van der Waals surface area contributed by atoms with Crippen molar-refractivity contribution >= 4 is 34.9 Å². The van der Waals surface area contributed by atoms with Crippen LogP contribution in [-0.2, 0) is 0 Å². The Morgan fingerprint density at radius 3 is 2.06 bits per heavy atom. The van der Waals surface area contributed by atoms with Crippen LogP contribution in [0.2, 0.25) is 19.6 Å². The van der Waals surface area contributed by atoms with Crippen molar-refractivity contribution in [1.29, 1.82) is 0 Å². The second kappa shape index (κ2) is 7.89. The van der Waals surface area contributed by atoms with Crippen molar-refractivity contribution in [2.45, 2.75) is 33.5 Å². The summed E-state index contributed by atoms with van der Waals surface area (Å²) in [6, 6.07) is 19.8. The molecule has 4 heteroatoms. The van der Waals surface area contributed by atoms with Crippen molar-refractivity contribution < 1.29 is 4.39 Å². The lowest BCUT2D eigenvalue weighted by atomic mass is 9.98. The van der Waals surface area contributed by atoms with E-state index in [-0.39, 0.29) is 5.82 Å². The third-order valence-corrected chi connectivity index (χ3v) is 8.19. The van der Waals surface area contributed by atoms with E-state index in [0.717, 1.165) is 44.1 Å². The molecule has 0 unspecified atom stereocenters. The van der Waals surface area contributed by atoms with Gasteiger partial charge >= 0.3 is 0 Å². The van der Waals surface area contributed by atoms with Gasteiger partial charge in [-0.05, 0) is 65.9 Å². The van der Waals surface area contributed by atoms with Crippen molar-refractivity contribution in [1.82, 2.24) is 9.97 Å². The SMILES string of the molecule is Cc1cc(C)cc(-c2nccc3c2cnc2c([Si](C)(C)C)c(-c4ccc(F)cc4)ccc23)c1. The number of hydrogen-bond acceptors (Lipinski definition) is 2. The first kappa shape index (κ1) is 21.5. The third kappa shape index (κ3) is 3.85. The zero-order chi connectivity index (χ0) is 23.3. The second-order valence-corrected chi connectivity index (χ2v) is 14.9. The first-order chi connectivity index (χ1) is 15.7. The van der Waals surface area contributed by atoms with E-state index in [2.05, 4.69) is 69.9 Å². The lowest BCUT2D eigenvalue weighted by Gasteiger charge is -2.24. The van der Waals surface area contributed by atoms with E-state index in [1.807, 2.05) is 24.5 Å². The molecule has 0 amide bonds. The van der Waals surface area contributed by atoms with E-state index in [0.29, 0.717) is 0 Å². The van der Waals surface area contributed by atoms with Crippen LogP contribution in [0.15, 0.2) is 73.1 Å². The number of fused-ring (bicyclic) bond motifs is 3. The minimum absolute atomic E-state index is 0.218. The summed E-state index contributed by atoms with van der Waals surface area (Å²) in [4.78, 5) is 9.78. The molecule has 0 saturated heterocycles. The first-order valence-electron chi connectivity index (χ1n) is 11.3. The lowest BCUT2D eigenvalue weighted by molar-refractivity contribution is 0.628. The Labute approximate surface area is 195 Å². The zero-order valence-electron chi connectivity index (χ0n) is 19.7. The van der Waals surface area contributed by atoms with E-state index in [4.69, 9.17) is 9.97 Å². The molecule has 0 aliphatic heterocycles. The highest BCUT2D eigenvalue weighted by Crippen LogP contribution is 2.33. The highest BCUT2D eigenvalue weighted by atomic mass is 28.3. The fourth-order valence-corrected chi connectivity index (χ4v) is 6.83. The fourth-order valence-electron chi connectivity index (χ4n) is 4.88. The van der Waals surface area contributed by atoms with Gasteiger partial charge in [-0.25, -0.2) is 4.39 Å². The zero-order valence-corrected chi connectivity index (χ0v) is 20.7. The van der Waals surface area contributed by atoms with Crippen LogP contribution >= 0.6 is 0 Å². The van der Waals surface area contributed by atoms with Gasteiger partial charge in [0, 0.05) is 28.7 Å². The summed E-state index contributed by atoms with van der Waals surface area (Å²) in [5.41, 5.74) is 7.75. The average Bonchev–Trinajstić information content (AvgIpc) is 2.77. The number of benzene rings is 3. The Hall–Kier alpha value is -3.37. The molecule has 0 saturated carbocycles. The van der Waals surface area contributed by atoms with Gasteiger partial charge in [-0.2, -0.15) is 0 Å². The Bertz CT molecular complexity index is 1500. The monoisotopic (exact) mass is 450 g/mol. The van der Waals surface area contributed by atoms with E-state index in [1.54, 1.807) is 0 Å². The van der Waals surface area contributed by atoms with Crippen molar-refractivity contribution in [3.05, 3.63) is 90.0 Å². The summed E-state index contributed by atoms with van der Waals surface area (Å²) in [6.07, 6.45) is 3.88. The molecule has 33 heavy (non-hydrogen) atoms. The summed E-state index contributed by atoms with van der Waals surface area (Å²) < 4.78 is 13.6. The lowest BCUT2D eigenvalue weighted by Crippen LogP contribution is -2.40. The molecule has 2 nitrogen and oxygen atoms in total. The van der Waals surface area contributed by atoms with Crippen molar-refractivity contribution in [2.24, 2.45) is 0 Å². The molecule has 0 spiro atoms. The van der Waals surface area contributed by atoms with Gasteiger partial charge in [0.1, 0.15) is 5.82 Å². The molecule has 164 valence electrons. The third-order valence-electron chi connectivity index (χ3n) is 6.18. The van der Waals surface area contributed by atoms with Gasteiger partial charge in [0.2, 0.25) is 0 Å². The van der Waals surface area contributed by atoms with Crippen LogP contribution in [-0.4, -0.2) is 18.0 Å². The Balaban J connectivity index is 1.82. The van der Waals surface area contributed by atoms with Crippen molar-refractivity contribution in [3.8, 4) is 22.4 Å². The smallest absolute Gasteiger partial charge is 0.123 e. The highest BCUT2D eigenvalue weighted by molar-refractivity contribution is 6.91. The first-order valence-corrected chi connectivity index (χ1v) is 14.8. The van der Waals surface area contributed by atoms with Crippen LogP contribution in [0.3, 0.4) is 0 Å². The number of nitrogens with zero attached hydrogens (tertiary/aromatic N) is 2. The predicted molar refractivity (Wildman–Crippen MR) is 140 cm³/mol. The summed E-state index contributed by atoms with van der Waals surface area (Å²) in [6.45, 7) is 11.3. The number of aryl methyl sites for hydroxylation is 2. The summed E-state index contributed by atoms with van der Waals surface area (Å²) in [5, 5.41) is 4.67. The topological polar surface area (TPSA) is 25.8 Å². The van der Waals surface area contributed by atoms with E-state index < -0.39 is 8.07 Å². The van der Waals surface area contributed by atoms with Crippen molar-refractivity contribution in [2.75, 3.05) is 0 Å². The van der Waals surface area contributed by atoms with Gasteiger partial charge in [-0.3, -0.25) is 9.97 Å². The van der Waals surface area contributed by atoms with Crippen molar-refractivity contribution in [3.63, 3.8) is 0 Å². The maximum absolute atomic E-state index is 13.6. The molecule has 0 atom stereocenters. The van der Waals surface area contributed by atoms with E-state index >= 15 is 0 Å². The minimum Gasteiger partial charge on any atom is -0.256 e. The maximum atomic E-state index is 13.6. The molecule has 0 bridgehead atoms. The molecule has 0 N–H and O–H groups in total. The maximum Gasteiger partial charge on any atom is 0.123 e. The number of halogens is 1. The highest BCUT2D eigenvalue weighted by Gasteiger charge is 2.25. The second-order valence-electron chi connectivity index (χ2n) is 9.90. The molecule has 0 fully saturated rings. The van der Waals surface area contributed by atoms with Gasteiger partial charge in [-0.15, -0.1) is 0 Å². The molecule has 3 aromatic carbocycles. The van der Waals surface area contributed by atoms with E-state index in [1.165, 1.54) is 28.4 Å². The van der Waals surface area contributed by atoms with Crippen LogP contribution in [0.5, 0.6) is 0 Å². The summed E-state index contributed by atoms with van der Waals surface area (Å²) >= 11 is 0. The quantitative estimate of drug-likeness (QED) is 0.211. The van der Waals surface area contributed by atoms with Crippen LogP contribution < -0.4 is 5.19 Å². The number of rotatable bonds is 3. The Morgan fingerprint density at radius 2 is 1.39 bits per heavy atom. The van der Waals surface area contributed by atoms with Gasteiger partial charge in [0.05, 0.1) is 19.3 Å². The van der Waals surface area contributed by atoms with Gasteiger partial charge in [-0.1, -0.05) is 61.1 Å². The molecule has 2 heterocycles. The van der Waals surface area contributed by atoms with Crippen LogP contribution in [0.1, 0.15) is 11.1 Å². The molecule has 0 aliphatic carbocycles. The van der Waals surface area contributed by atoms with Gasteiger partial charge in [0.15, 0.2) is 0 Å². The molecule has 2 aromatic heterocycles. The normalized spacial score (nSPS) is 11.9. The summed E-state index contributed by atoms with van der Waals surface area (Å²) in [7, 11) is -1.79. The molecular weight excluding hydrogens is 423 g/mol. The number of hydrogen-bond donors (Lipinski definition) is 0. The number of pyridine rings is 2. The van der Waals surface area contributed by atoms with E-state index in [9.17, 15) is 4.39 Å². The molecular formula is C29H27FN2Si. The number of aromatic nitrogens is 2. The van der Waals surface area contributed by atoms with Crippen LogP contribution in [0.25, 0.3) is 44.1 Å². The molecule has 5 rings (SSSR count). The average molecular weight is 451 g/mol. The van der Waals surface area contributed by atoms with Crippen LogP contribution in [0, 0.1) is 19.7 Å². The standard InChI is InChI=1S/C29H27FN2Si/c1-18-14-19(2)16-21(15-18)27-26-17-32-28-25(24(26)12-13-31-27)11-10-23(29(28)33(3,4)5)20-6-8-22(30)9-7-20/h6-17H,1-5H3. The predicted octanol–water partition coefficient (Wildman–Crippen LogP) is 7.42. The molecule has 0 radical (unpaired) electrons. The molecule has 5 aromatic rings.